The average molecular weight is 307 g/mol. The molecule has 0 unspecified atom stereocenters. The molecular formula is C16H10FN5O. The van der Waals surface area contributed by atoms with E-state index in [4.69, 9.17) is 0 Å². The molecule has 4 aromatic rings. The maximum absolute atomic E-state index is 13.1. The highest BCUT2D eigenvalue weighted by Gasteiger charge is 2.13. The van der Waals surface area contributed by atoms with E-state index in [0.29, 0.717) is 17.6 Å². The van der Waals surface area contributed by atoms with Crippen LogP contribution in [-0.4, -0.2) is 31.1 Å². The van der Waals surface area contributed by atoms with Gasteiger partial charge in [-0.25, -0.2) is 13.9 Å². The minimum Gasteiger partial charge on any atom is -0.296 e. The van der Waals surface area contributed by atoms with Gasteiger partial charge in [-0.15, -0.1) is 0 Å². The number of carbonyl (C=O) groups is 1. The number of nitrogens with one attached hydrogen (secondary N) is 1. The summed E-state index contributed by atoms with van der Waals surface area (Å²) >= 11 is 0. The summed E-state index contributed by atoms with van der Waals surface area (Å²) in [6.07, 6.45) is 3.85. The molecule has 0 fully saturated rings. The molecule has 1 aromatic carbocycles. The lowest BCUT2D eigenvalue weighted by Gasteiger charge is -2.06. The zero-order valence-corrected chi connectivity index (χ0v) is 11.8. The van der Waals surface area contributed by atoms with E-state index in [1.165, 1.54) is 12.1 Å². The fraction of sp³-hybridized carbons (Fsp3) is 0. The number of H-pyrrole nitrogens is 1. The molecule has 0 bridgehead atoms. The third kappa shape index (κ3) is 2.28. The van der Waals surface area contributed by atoms with Crippen molar-refractivity contribution in [2.75, 3.05) is 0 Å². The molecule has 0 spiro atoms. The number of carbonyl (C=O) groups excluding carboxylic acids is 1. The van der Waals surface area contributed by atoms with Crippen molar-refractivity contribution in [3.63, 3.8) is 0 Å². The highest BCUT2D eigenvalue weighted by molar-refractivity contribution is 5.81. The molecular weight excluding hydrogens is 297 g/mol. The minimum atomic E-state index is -0.311. The Morgan fingerprint density at radius 3 is 2.70 bits per heavy atom. The number of hydrogen-bond acceptors (Lipinski definition) is 4. The summed E-state index contributed by atoms with van der Waals surface area (Å²) in [5.41, 5.74) is 3.73. The first-order valence-corrected chi connectivity index (χ1v) is 6.86. The number of aromatic nitrogens is 5. The van der Waals surface area contributed by atoms with E-state index in [1.54, 1.807) is 35.1 Å². The van der Waals surface area contributed by atoms with Gasteiger partial charge in [0.05, 0.1) is 17.6 Å². The van der Waals surface area contributed by atoms with Crippen molar-refractivity contribution in [1.29, 1.82) is 0 Å². The van der Waals surface area contributed by atoms with E-state index < -0.39 is 0 Å². The number of halogens is 1. The van der Waals surface area contributed by atoms with Crippen molar-refractivity contribution in [1.82, 2.24) is 24.8 Å². The highest BCUT2D eigenvalue weighted by Crippen LogP contribution is 2.27. The fourth-order valence-corrected chi connectivity index (χ4v) is 2.42. The summed E-state index contributed by atoms with van der Waals surface area (Å²) in [6, 6.07) is 9.69. The number of aldehydes is 1. The number of fused-ring (bicyclic) bond motifs is 1. The van der Waals surface area contributed by atoms with Crippen LogP contribution in [-0.2, 0) is 0 Å². The van der Waals surface area contributed by atoms with Gasteiger partial charge >= 0.3 is 0 Å². The van der Waals surface area contributed by atoms with Crippen LogP contribution in [0.2, 0.25) is 0 Å². The van der Waals surface area contributed by atoms with Gasteiger partial charge in [0.25, 0.3) is 0 Å². The van der Waals surface area contributed by atoms with Crippen LogP contribution in [0.15, 0.2) is 48.8 Å². The zero-order valence-electron chi connectivity index (χ0n) is 11.8. The van der Waals surface area contributed by atoms with E-state index in [1.807, 2.05) is 6.07 Å². The molecule has 1 N–H and O–H groups in total. The van der Waals surface area contributed by atoms with Crippen molar-refractivity contribution in [2.45, 2.75) is 0 Å². The Morgan fingerprint density at radius 2 is 2.00 bits per heavy atom. The molecule has 112 valence electrons. The minimum absolute atomic E-state index is 0.287. The van der Waals surface area contributed by atoms with E-state index in [2.05, 4.69) is 20.3 Å². The maximum Gasteiger partial charge on any atom is 0.170 e. The molecule has 7 heteroatoms. The third-order valence-corrected chi connectivity index (χ3v) is 3.50. The standard InChI is InChI=1S/C16H10FN5O/c17-11-3-1-10(2-4-11)15-7-13(14-5-6-18-20-14)16-19-12(9-23)8-22(16)21-15/h1-9H,(H,18,20). The van der Waals surface area contributed by atoms with Crippen LogP contribution in [0.5, 0.6) is 0 Å². The van der Waals surface area contributed by atoms with Crippen LogP contribution in [0, 0.1) is 5.82 Å². The van der Waals surface area contributed by atoms with Gasteiger partial charge < -0.3 is 0 Å². The number of imidazole rings is 1. The van der Waals surface area contributed by atoms with Crippen molar-refractivity contribution < 1.29 is 9.18 Å². The highest BCUT2D eigenvalue weighted by atomic mass is 19.1. The number of rotatable bonds is 3. The van der Waals surface area contributed by atoms with Crippen molar-refractivity contribution in [3.8, 4) is 22.5 Å². The van der Waals surface area contributed by atoms with Gasteiger partial charge in [0.1, 0.15) is 11.5 Å². The second-order valence-corrected chi connectivity index (χ2v) is 4.97. The fourth-order valence-electron chi connectivity index (χ4n) is 2.42. The average Bonchev–Trinajstić information content (AvgIpc) is 3.23. The molecule has 23 heavy (non-hydrogen) atoms. The SMILES string of the molecule is O=Cc1cn2nc(-c3ccc(F)cc3)cc(-c3ccn[nH]3)c2n1. The van der Waals surface area contributed by atoms with E-state index >= 15 is 0 Å². The Hall–Kier alpha value is -3.35. The molecule has 0 radical (unpaired) electrons. The molecule has 6 nitrogen and oxygen atoms in total. The monoisotopic (exact) mass is 307 g/mol. The first kappa shape index (κ1) is 13.3. The van der Waals surface area contributed by atoms with E-state index in [9.17, 15) is 9.18 Å². The number of hydrogen-bond donors (Lipinski definition) is 1. The summed E-state index contributed by atoms with van der Waals surface area (Å²) in [7, 11) is 0. The summed E-state index contributed by atoms with van der Waals surface area (Å²) in [5, 5.41) is 11.3. The zero-order chi connectivity index (χ0) is 15.8. The molecule has 0 saturated carbocycles. The predicted octanol–water partition coefficient (Wildman–Crippen LogP) is 2.74. The number of aromatic amines is 1. The van der Waals surface area contributed by atoms with Gasteiger partial charge in [0.15, 0.2) is 11.9 Å². The molecule has 0 saturated heterocycles. The van der Waals surface area contributed by atoms with Crippen LogP contribution in [0.3, 0.4) is 0 Å². The van der Waals surface area contributed by atoms with Crippen LogP contribution in [0.4, 0.5) is 4.39 Å². The quantitative estimate of drug-likeness (QED) is 0.590. The number of benzene rings is 1. The van der Waals surface area contributed by atoms with Crippen molar-refractivity contribution in [3.05, 3.63) is 60.3 Å². The smallest absolute Gasteiger partial charge is 0.170 e. The Bertz CT molecular complexity index is 989. The summed E-state index contributed by atoms with van der Waals surface area (Å²) in [6.45, 7) is 0. The summed E-state index contributed by atoms with van der Waals surface area (Å²) in [5.74, 6) is -0.311. The van der Waals surface area contributed by atoms with Crippen molar-refractivity contribution in [2.24, 2.45) is 0 Å². The topological polar surface area (TPSA) is 75.9 Å². The lowest BCUT2D eigenvalue weighted by Crippen LogP contribution is -1.97. The molecule has 3 aromatic heterocycles. The Kier molecular flexibility index (Phi) is 2.97. The second kappa shape index (κ2) is 5.13. The third-order valence-electron chi connectivity index (χ3n) is 3.50. The molecule has 0 aliphatic heterocycles. The normalized spacial score (nSPS) is 11.0. The Labute approximate surface area is 129 Å². The molecule has 4 rings (SSSR count). The van der Waals surface area contributed by atoms with Crippen LogP contribution in [0.25, 0.3) is 28.2 Å². The van der Waals surface area contributed by atoms with Crippen molar-refractivity contribution >= 4 is 11.9 Å². The lowest BCUT2D eigenvalue weighted by atomic mass is 10.1. The molecule has 0 aliphatic carbocycles. The Morgan fingerprint density at radius 1 is 1.17 bits per heavy atom. The van der Waals surface area contributed by atoms with Gasteiger partial charge in [0.2, 0.25) is 0 Å². The first-order valence-electron chi connectivity index (χ1n) is 6.86. The summed E-state index contributed by atoms with van der Waals surface area (Å²) in [4.78, 5) is 15.3. The Balaban J connectivity index is 1.99. The second-order valence-electron chi connectivity index (χ2n) is 4.97. The maximum atomic E-state index is 13.1. The predicted molar refractivity (Wildman–Crippen MR) is 81.4 cm³/mol. The lowest BCUT2D eigenvalue weighted by molar-refractivity contribution is 0.111. The van der Waals surface area contributed by atoms with Crippen LogP contribution >= 0.6 is 0 Å². The number of nitrogens with zero attached hydrogens (tertiary/aromatic N) is 4. The molecule has 0 aliphatic rings. The van der Waals surface area contributed by atoms with Gasteiger partial charge in [-0.3, -0.25) is 9.89 Å². The van der Waals surface area contributed by atoms with E-state index in [-0.39, 0.29) is 11.5 Å². The molecule has 0 amide bonds. The first-order chi connectivity index (χ1) is 11.2. The van der Waals surface area contributed by atoms with Gasteiger partial charge in [-0.1, -0.05) is 0 Å². The van der Waals surface area contributed by atoms with Gasteiger partial charge in [-0.2, -0.15) is 10.2 Å². The summed E-state index contributed by atoms with van der Waals surface area (Å²) < 4.78 is 14.7. The van der Waals surface area contributed by atoms with Gasteiger partial charge in [0, 0.05) is 17.3 Å². The van der Waals surface area contributed by atoms with Crippen LogP contribution < -0.4 is 0 Å². The van der Waals surface area contributed by atoms with Gasteiger partial charge in [-0.05, 0) is 36.4 Å². The van der Waals surface area contributed by atoms with Crippen LogP contribution in [0.1, 0.15) is 10.5 Å². The van der Waals surface area contributed by atoms with E-state index in [0.717, 1.165) is 16.8 Å². The molecule has 0 atom stereocenters. The largest absolute Gasteiger partial charge is 0.296 e. The molecule has 3 heterocycles.